The topological polar surface area (TPSA) is 33.0 Å². The predicted octanol–water partition coefficient (Wildman–Crippen LogP) is 3.03. The maximum Gasteiger partial charge on any atom is 0.0992 e. The Balaban J connectivity index is 3.07. The third kappa shape index (κ3) is 2.30. The Morgan fingerprint density at radius 1 is 1.54 bits per heavy atom. The van der Waals surface area contributed by atoms with Gasteiger partial charge < -0.3 is 4.74 Å². The quantitative estimate of drug-likeness (QED) is 0.795. The molecule has 0 amide bonds. The molecular formula is C10H10BrNO. The first-order chi connectivity index (χ1) is 6.19. The Kier molecular flexibility index (Phi) is 3.47. The Morgan fingerprint density at radius 2 is 2.23 bits per heavy atom. The molecule has 13 heavy (non-hydrogen) atoms. The highest BCUT2D eigenvalue weighted by molar-refractivity contribution is 9.10. The van der Waals surface area contributed by atoms with Crippen LogP contribution in [0.5, 0.6) is 0 Å². The number of benzene rings is 1. The number of nitriles is 1. The second kappa shape index (κ2) is 4.40. The summed E-state index contributed by atoms with van der Waals surface area (Å²) in [5, 5.41) is 8.65. The van der Waals surface area contributed by atoms with Gasteiger partial charge in [-0.05, 0) is 24.6 Å². The highest BCUT2D eigenvalue weighted by Crippen LogP contribution is 2.25. The molecule has 2 nitrogen and oxygen atoms in total. The number of halogens is 1. The molecule has 1 aromatic carbocycles. The molecule has 0 aliphatic carbocycles. The third-order valence-electron chi connectivity index (χ3n) is 1.92. The van der Waals surface area contributed by atoms with Crippen molar-refractivity contribution in [2.45, 2.75) is 13.0 Å². The fourth-order valence-electron chi connectivity index (χ4n) is 1.05. The number of nitrogens with zero attached hydrogens (tertiary/aromatic N) is 1. The molecule has 0 aromatic heterocycles. The lowest BCUT2D eigenvalue weighted by atomic mass is 10.1. The van der Waals surface area contributed by atoms with Crippen molar-refractivity contribution in [2.75, 3.05) is 7.11 Å². The van der Waals surface area contributed by atoms with Crippen molar-refractivity contribution in [3.63, 3.8) is 0 Å². The van der Waals surface area contributed by atoms with Crippen molar-refractivity contribution in [1.82, 2.24) is 0 Å². The number of ether oxygens (including phenoxy) is 1. The van der Waals surface area contributed by atoms with E-state index in [-0.39, 0.29) is 6.10 Å². The van der Waals surface area contributed by atoms with Crippen molar-refractivity contribution in [3.05, 3.63) is 33.8 Å². The molecule has 1 unspecified atom stereocenters. The molecule has 0 heterocycles. The van der Waals surface area contributed by atoms with Gasteiger partial charge >= 0.3 is 0 Å². The summed E-state index contributed by atoms with van der Waals surface area (Å²) in [6, 6.07) is 7.56. The second-order valence-electron chi connectivity index (χ2n) is 2.73. The molecular weight excluding hydrogens is 230 g/mol. The molecule has 68 valence electrons. The molecule has 0 spiro atoms. The van der Waals surface area contributed by atoms with Crippen LogP contribution < -0.4 is 0 Å². The summed E-state index contributed by atoms with van der Waals surface area (Å²) >= 11 is 3.40. The average molecular weight is 240 g/mol. The smallest absolute Gasteiger partial charge is 0.0992 e. The molecule has 1 atom stereocenters. The summed E-state index contributed by atoms with van der Waals surface area (Å²) in [5.74, 6) is 0. The summed E-state index contributed by atoms with van der Waals surface area (Å²) in [6.45, 7) is 1.96. The summed E-state index contributed by atoms with van der Waals surface area (Å²) in [5.41, 5.74) is 1.71. The fourth-order valence-corrected chi connectivity index (χ4v) is 1.75. The van der Waals surface area contributed by atoms with Crippen LogP contribution in [0.4, 0.5) is 0 Å². The van der Waals surface area contributed by atoms with Crippen LogP contribution in [0.25, 0.3) is 0 Å². The minimum absolute atomic E-state index is 0.0436. The summed E-state index contributed by atoms with van der Waals surface area (Å²) in [6.07, 6.45) is 0.0436. The zero-order valence-electron chi connectivity index (χ0n) is 7.54. The zero-order chi connectivity index (χ0) is 9.84. The van der Waals surface area contributed by atoms with E-state index in [2.05, 4.69) is 22.0 Å². The van der Waals surface area contributed by atoms with Gasteiger partial charge in [0.2, 0.25) is 0 Å². The van der Waals surface area contributed by atoms with Gasteiger partial charge in [-0.25, -0.2) is 0 Å². The highest BCUT2D eigenvalue weighted by atomic mass is 79.9. The minimum atomic E-state index is 0.0436. The van der Waals surface area contributed by atoms with Crippen LogP contribution in [-0.4, -0.2) is 7.11 Å². The molecule has 3 heteroatoms. The largest absolute Gasteiger partial charge is 0.377 e. The first-order valence-electron chi connectivity index (χ1n) is 3.91. The van der Waals surface area contributed by atoms with E-state index in [9.17, 15) is 0 Å². The molecule has 0 N–H and O–H groups in total. The van der Waals surface area contributed by atoms with E-state index < -0.39 is 0 Å². The Labute approximate surface area is 86.3 Å². The van der Waals surface area contributed by atoms with E-state index in [1.165, 1.54) is 0 Å². The second-order valence-corrected chi connectivity index (χ2v) is 3.58. The Bertz CT molecular complexity index is 343. The molecule has 0 saturated heterocycles. The predicted molar refractivity (Wildman–Crippen MR) is 54.3 cm³/mol. The summed E-state index contributed by atoms with van der Waals surface area (Å²) < 4.78 is 6.10. The monoisotopic (exact) mass is 239 g/mol. The fraction of sp³-hybridized carbons (Fsp3) is 0.300. The Hall–Kier alpha value is -0.850. The molecule has 0 saturated carbocycles. The molecule has 0 bridgehead atoms. The van der Waals surface area contributed by atoms with Gasteiger partial charge in [-0.15, -0.1) is 0 Å². The normalized spacial score (nSPS) is 12.2. The van der Waals surface area contributed by atoms with Crippen molar-refractivity contribution in [1.29, 1.82) is 5.26 Å². The van der Waals surface area contributed by atoms with Crippen molar-refractivity contribution in [2.24, 2.45) is 0 Å². The van der Waals surface area contributed by atoms with E-state index >= 15 is 0 Å². The van der Waals surface area contributed by atoms with Crippen LogP contribution in [0.1, 0.15) is 24.2 Å². The first kappa shape index (κ1) is 10.2. The maximum absolute atomic E-state index is 8.65. The molecule has 0 aliphatic rings. The van der Waals surface area contributed by atoms with Crippen LogP contribution in [0.2, 0.25) is 0 Å². The van der Waals surface area contributed by atoms with Gasteiger partial charge in [0.15, 0.2) is 0 Å². The van der Waals surface area contributed by atoms with E-state index in [1.807, 2.05) is 13.0 Å². The summed E-state index contributed by atoms with van der Waals surface area (Å²) in [4.78, 5) is 0. The van der Waals surface area contributed by atoms with E-state index in [4.69, 9.17) is 10.00 Å². The minimum Gasteiger partial charge on any atom is -0.377 e. The molecule has 0 radical (unpaired) electrons. The van der Waals surface area contributed by atoms with Crippen molar-refractivity contribution in [3.8, 4) is 6.07 Å². The van der Waals surface area contributed by atoms with Crippen LogP contribution in [0.3, 0.4) is 0 Å². The van der Waals surface area contributed by atoms with Gasteiger partial charge in [0.05, 0.1) is 17.7 Å². The first-order valence-corrected chi connectivity index (χ1v) is 4.70. The third-order valence-corrected chi connectivity index (χ3v) is 2.61. The highest BCUT2D eigenvalue weighted by Gasteiger charge is 2.08. The molecule has 1 rings (SSSR count). The number of hydrogen-bond donors (Lipinski definition) is 0. The molecule has 0 fully saturated rings. The van der Waals surface area contributed by atoms with Crippen LogP contribution in [-0.2, 0) is 4.74 Å². The van der Waals surface area contributed by atoms with Crippen molar-refractivity contribution >= 4 is 15.9 Å². The molecule has 0 aliphatic heterocycles. The van der Waals surface area contributed by atoms with Crippen LogP contribution >= 0.6 is 15.9 Å². The van der Waals surface area contributed by atoms with Crippen LogP contribution in [0.15, 0.2) is 22.7 Å². The maximum atomic E-state index is 8.65. The van der Waals surface area contributed by atoms with Gasteiger partial charge in [0.25, 0.3) is 0 Å². The number of hydrogen-bond acceptors (Lipinski definition) is 2. The lowest BCUT2D eigenvalue weighted by Crippen LogP contribution is -1.96. The molecule has 1 aromatic rings. The van der Waals surface area contributed by atoms with Gasteiger partial charge in [-0.3, -0.25) is 0 Å². The van der Waals surface area contributed by atoms with Gasteiger partial charge in [-0.2, -0.15) is 5.26 Å². The van der Waals surface area contributed by atoms with Gasteiger partial charge in [0.1, 0.15) is 0 Å². The average Bonchev–Trinajstić information content (AvgIpc) is 2.16. The van der Waals surface area contributed by atoms with Crippen LogP contribution in [0, 0.1) is 11.3 Å². The van der Waals surface area contributed by atoms with Crippen molar-refractivity contribution < 1.29 is 4.74 Å². The zero-order valence-corrected chi connectivity index (χ0v) is 9.13. The van der Waals surface area contributed by atoms with Gasteiger partial charge in [-0.1, -0.05) is 22.0 Å². The Morgan fingerprint density at radius 3 is 2.69 bits per heavy atom. The van der Waals surface area contributed by atoms with E-state index in [0.717, 1.165) is 10.0 Å². The lowest BCUT2D eigenvalue weighted by molar-refractivity contribution is 0.119. The lowest BCUT2D eigenvalue weighted by Gasteiger charge is -2.11. The summed E-state index contributed by atoms with van der Waals surface area (Å²) in [7, 11) is 1.66. The number of rotatable bonds is 2. The number of methoxy groups -OCH3 is 1. The SMILES string of the molecule is COC(C)c1ccc(C#N)cc1Br. The standard InChI is InChI=1S/C10H10BrNO/c1-7(13-2)9-4-3-8(6-12)5-10(9)11/h3-5,7H,1-2H3. The van der Waals surface area contributed by atoms with E-state index in [1.54, 1.807) is 19.2 Å². The van der Waals surface area contributed by atoms with E-state index in [0.29, 0.717) is 5.56 Å². The van der Waals surface area contributed by atoms with Gasteiger partial charge in [0, 0.05) is 11.6 Å².